The Bertz CT molecular complexity index is 1100. The lowest BCUT2D eigenvalue weighted by Crippen LogP contribution is -2.23. The molecule has 0 aliphatic carbocycles. The number of rotatable bonds is 6. The molecule has 0 bridgehead atoms. The Kier molecular flexibility index (Phi) is 4.89. The zero-order chi connectivity index (χ0) is 18.6. The van der Waals surface area contributed by atoms with Crippen LogP contribution in [0.3, 0.4) is 0 Å². The topological polar surface area (TPSA) is 53.4 Å². The molecule has 0 saturated carbocycles. The summed E-state index contributed by atoms with van der Waals surface area (Å²) in [4.78, 5) is 18.2. The molecule has 0 fully saturated rings. The molecule has 0 aliphatic heterocycles. The predicted molar refractivity (Wildman–Crippen MR) is 108 cm³/mol. The molecule has 4 rings (SSSR count). The van der Waals surface area contributed by atoms with Crippen molar-refractivity contribution in [1.29, 1.82) is 0 Å². The van der Waals surface area contributed by atoms with Gasteiger partial charge in [-0.15, -0.1) is 11.3 Å². The Hall–Kier alpha value is -3.12. The van der Waals surface area contributed by atoms with Gasteiger partial charge in [-0.25, -0.2) is 4.98 Å². The number of benzene rings is 2. The Morgan fingerprint density at radius 1 is 1.04 bits per heavy atom. The van der Waals surface area contributed by atoms with Crippen LogP contribution in [0.15, 0.2) is 71.1 Å². The van der Waals surface area contributed by atoms with Crippen molar-refractivity contribution in [3.63, 3.8) is 0 Å². The van der Waals surface area contributed by atoms with Gasteiger partial charge in [-0.3, -0.25) is 9.36 Å². The van der Waals surface area contributed by atoms with E-state index in [4.69, 9.17) is 9.47 Å². The molecule has 0 N–H and O–H groups in total. The highest BCUT2D eigenvalue weighted by atomic mass is 32.1. The van der Waals surface area contributed by atoms with Gasteiger partial charge in [-0.2, -0.15) is 0 Å². The smallest absolute Gasteiger partial charge is 0.262 e. The zero-order valence-electron chi connectivity index (χ0n) is 14.8. The van der Waals surface area contributed by atoms with Gasteiger partial charge in [-0.1, -0.05) is 30.3 Å². The van der Waals surface area contributed by atoms with Crippen molar-refractivity contribution in [3.8, 4) is 22.6 Å². The number of hydrogen-bond acceptors (Lipinski definition) is 5. The second-order valence-corrected chi connectivity index (χ2v) is 6.82. The van der Waals surface area contributed by atoms with Crippen molar-refractivity contribution in [2.24, 2.45) is 0 Å². The van der Waals surface area contributed by atoms with E-state index in [1.54, 1.807) is 18.0 Å². The van der Waals surface area contributed by atoms with Gasteiger partial charge in [-0.05, 0) is 29.8 Å². The molecule has 4 aromatic rings. The molecule has 0 unspecified atom stereocenters. The first kappa shape index (κ1) is 17.3. The highest BCUT2D eigenvalue weighted by molar-refractivity contribution is 7.17. The highest BCUT2D eigenvalue weighted by Crippen LogP contribution is 2.30. The second kappa shape index (κ2) is 7.63. The largest absolute Gasteiger partial charge is 0.497 e. The monoisotopic (exact) mass is 378 g/mol. The van der Waals surface area contributed by atoms with Crippen LogP contribution in [0.5, 0.6) is 11.5 Å². The standard InChI is InChI=1S/C21H18N2O3S/c1-25-16-7-9-17(10-8-16)26-12-11-23-14-22-20-19(21(23)24)18(13-27-20)15-5-3-2-4-6-15/h2-10,13-14H,11-12H2,1H3. The van der Waals surface area contributed by atoms with Crippen molar-refractivity contribution in [1.82, 2.24) is 9.55 Å². The van der Waals surface area contributed by atoms with Gasteiger partial charge in [0.2, 0.25) is 0 Å². The molecule has 0 aliphatic rings. The minimum absolute atomic E-state index is 0.0431. The number of methoxy groups -OCH3 is 1. The normalized spacial score (nSPS) is 10.9. The quantitative estimate of drug-likeness (QED) is 0.504. The number of aromatic nitrogens is 2. The molecule has 0 atom stereocenters. The lowest BCUT2D eigenvalue weighted by Gasteiger charge is -2.09. The van der Waals surface area contributed by atoms with Gasteiger partial charge in [0.05, 0.1) is 25.4 Å². The molecule has 6 heteroatoms. The summed E-state index contributed by atoms with van der Waals surface area (Å²) < 4.78 is 12.5. The van der Waals surface area contributed by atoms with Gasteiger partial charge in [0, 0.05) is 10.9 Å². The van der Waals surface area contributed by atoms with Crippen molar-refractivity contribution < 1.29 is 9.47 Å². The Labute approximate surface area is 160 Å². The summed E-state index contributed by atoms with van der Waals surface area (Å²) in [5.41, 5.74) is 1.91. The molecule has 0 spiro atoms. The van der Waals surface area contributed by atoms with Gasteiger partial charge in [0.25, 0.3) is 5.56 Å². The van der Waals surface area contributed by atoms with E-state index in [1.807, 2.05) is 60.0 Å². The minimum Gasteiger partial charge on any atom is -0.497 e. The third kappa shape index (κ3) is 3.57. The van der Waals surface area contributed by atoms with Gasteiger partial charge in [0.15, 0.2) is 0 Å². The summed E-state index contributed by atoms with van der Waals surface area (Å²) in [5.74, 6) is 1.51. The molecular weight excluding hydrogens is 360 g/mol. The van der Waals surface area contributed by atoms with Crippen LogP contribution >= 0.6 is 11.3 Å². The van der Waals surface area contributed by atoms with E-state index >= 15 is 0 Å². The molecule has 136 valence electrons. The summed E-state index contributed by atoms with van der Waals surface area (Å²) in [6.07, 6.45) is 1.59. The highest BCUT2D eigenvalue weighted by Gasteiger charge is 2.13. The van der Waals surface area contributed by atoms with E-state index in [9.17, 15) is 4.79 Å². The SMILES string of the molecule is COc1ccc(OCCn2cnc3scc(-c4ccccc4)c3c2=O)cc1. The molecule has 0 radical (unpaired) electrons. The average molecular weight is 378 g/mol. The van der Waals surface area contributed by atoms with Crippen molar-refractivity contribution in [2.75, 3.05) is 13.7 Å². The zero-order valence-corrected chi connectivity index (χ0v) is 15.6. The van der Waals surface area contributed by atoms with Gasteiger partial charge < -0.3 is 9.47 Å². The fourth-order valence-electron chi connectivity index (χ4n) is 2.89. The van der Waals surface area contributed by atoms with Crippen LogP contribution < -0.4 is 15.0 Å². The summed E-state index contributed by atoms with van der Waals surface area (Å²) in [6, 6.07) is 17.3. The van der Waals surface area contributed by atoms with E-state index in [0.29, 0.717) is 18.5 Å². The number of fused-ring (bicyclic) bond motifs is 1. The molecule has 2 aromatic heterocycles. The van der Waals surface area contributed by atoms with Gasteiger partial charge >= 0.3 is 0 Å². The third-order valence-electron chi connectivity index (χ3n) is 4.31. The van der Waals surface area contributed by atoms with E-state index in [0.717, 1.165) is 27.5 Å². The fourth-order valence-corrected chi connectivity index (χ4v) is 3.80. The van der Waals surface area contributed by atoms with E-state index < -0.39 is 0 Å². The first-order valence-electron chi connectivity index (χ1n) is 8.55. The van der Waals surface area contributed by atoms with Crippen LogP contribution in [0.4, 0.5) is 0 Å². The van der Waals surface area contributed by atoms with E-state index in [-0.39, 0.29) is 5.56 Å². The van der Waals surface area contributed by atoms with E-state index in [1.165, 1.54) is 11.3 Å². The summed E-state index contributed by atoms with van der Waals surface area (Å²) in [7, 11) is 1.62. The lowest BCUT2D eigenvalue weighted by molar-refractivity contribution is 0.295. The molecule has 0 saturated heterocycles. The number of thiophene rings is 1. The number of ether oxygens (including phenoxy) is 2. The van der Waals surface area contributed by atoms with Gasteiger partial charge in [0.1, 0.15) is 22.9 Å². The third-order valence-corrected chi connectivity index (χ3v) is 5.19. The van der Waals surface area contributed by atoms with Crippen LogP contribution in [-0.4, -0.2) is 23.3 Å². The Balaban J connectivity index is 1.55. The van der Waals surface area contributed by atoms with Crippen LogP contribution in [0.2, 0.25) is 0 Å². The first-order chi connectivity index (χ1) is 13.3. The second-order valence-electron chi connectivity index (χ2n) is 5.96. The summed E-state index contributed by atoms with van der Waals surface area (Å²) in [5, 5.41) is 2.66. The fraction of sp³-hybridized carbons (Fsp3) is 0.143. The first-order valence-corrected chi connectivity index (χ1v) is 9.43. The van der Waals surface area contributed by atoms with Crippen LogP contribution in [0.1, 0.15) is 0 Å². The number of hydrogen-bond donors (Lipinski definition) is 0. The maximum atomic E-state index is 13.0. The molecule has 27 heavy (non-hydrogen) atoms. The van der Waals surface area contributed by atoms with E-state index in [2.05, 4.69) is 4.98 Å². The van der Waals surface area contributed by atoms with Crippen molar-refractivity contribution in [3.05, 3.63) is 76.7 Å². The number of nitrogens with zero attached hydrogens (tertiary/aromatic N) is 2. The average Bonchev–Trinajstić information content (AvgIpc) is 3.16. The lowest BCUT2D eigenvalue weighted by atomic mass is 10.1. The predicted octanol–water partition coefficient (Wildman–Crippen LogP) is 4.21. The Morgan fingerprint density at radius 3 is 2.52 bits per heavy atom. The molecular formula is C21H18N2O3S. The van der Waals surface area contributed by atoms with Crippen molar-refractivity contribution >= 4 is 21.6 Å². The molecule has 0 amide bonds. The molecule has 2 heterocycles. The summed E-state index contributed by atoms with van der Waals surface area (Å²) >= 11 is 1.49. The Morgan fingerprint density at radius 2 is 1.78 bits per heavy atom. The maximum absolute atomic E-state index is 13.0. The summed E-state index contributed by atoms with van der Waals surface area (Å²) in [6.45, 7) is 0.808. The van der Waals surface area contributed by atoms with Crippen LogP contribution in [0, 0.1) is 0 Å². The maximum Gasteiger partial charge on any atom is 0.262 e. The molecule has 5 nitrogen and oxygen atoms in total. The minimum atomic E-state index is -0.0431. The van der Waals surface area contributed by atoms with Crippen LogP contribution in [-0.2, 0) is 6.54 Å². The van der Waals surface area contributed by atoms with Crippen LogP contribution in [0.25, 0.3) is 21.3 Å². The van der Waals surface area contributed by atoms with Crippen molar-refractivity contribution in [2.45, 2.75) is 6.54 Å². The molecule has 2 aromatic carbocycles.